The van der Waals surface area contributed by atoms with Gasteiger partial charge in [0, 0.05) is 11.4 Å². The highest BCUT2D eigenvalue weighted by atomic mass is 16.6. The van der Waals surface area contributed by atoms with Gasteiger partial charge in [0.05, 0.1) is 132 Å². The number of anilines is 2. The highest BCUT2D eigenvalue weighted by molar-refractivity contribution is 5.42. The molecule has 14 nitrogen and oxygen atoms in total. The molecule has 0 aliphatic carbocycles. The van der Waals surface area contributed by atoms with Gasteiger partial charge in [0.1, 0.15) is 24.7 Å². The number of hydrogen-bond acceptors (Lipinski definition) is 14. The Morgan fingerprint density at radius 3 is 0.604 bits per heavy atom. The Bertz CT molecular complexity index is 879. The van der Waals surface area contributed by atoms with E-state index in [4.69, 9.17) is 68.3 Å². The van der Waals surface area contributed by atoms with Gasteiger partial charge >= 0.3 is 0 Å². The van der Waals surface area contributed by atoms with Gasteiger partial charge in [-0.15, -0.1) is 0 Å². The average molecular weight is 685 g/mol. The zero-order chi connectivity index (χ0) is 34.0. The first-order valence-corrected chi connectivity index (χ1v) is 16.5. The van der Waals surface area contributed by atoms with E-state index in [2.05, 4.69) is 0 Å². The lowest BCUT2D eigenvalue weighted by molar-refractivity contribution is -0.0269. The van der Waals surface area contributed by atoms with Gasteiger partial charge in [-0.3, -0.25) is 0 Å². The molecule has 0 heterocycles. The first-order valence-electron chi connectivity index (χ1n) is 16.5. The second-order valence-electron chi connectivity index (χ2n) is 9.96. The van der Waals surface area contributed by atoms with E-state index in [1.165, 1.54) is 0 Å². The van der Waals surface area contributed by atoms with E-state index in [1.807, 2.05) is 24.3 Å². The van der Waals surface area contributed by atoms with Crippen LogP contribution in [0.3, 0.4) is 0 Å². The quantitative estimate of drug-likeness (QED) is 0.0804. The average Bonchev–Trinajstić information content (AvgIpc) is 3.10. The molecule has 4 N–H and O–H groups in total. The molecule has 14 heteroatoms. The van der Waals surface area contributed by atoms with E-state index in [-0.39, 0.29) is 0 Å². The number of nitrogen functional groups attached to an aromatic ring is 2. The van der Waals surface area contributed by atoms with Gasteiger partial charge in [-0.25, -0.2) is 0 Å². The monoisotopic (exact) mass is 684 g/mol. The summed E-state index contributed by atoms with van der Waals surface area (Å²) in [5.74, 6) is 1.54. The standard InChI is InChI=1S/C34H56N2O12/c35-31-1-5-33(6-2-31)47-29-27-45-25-23-43-21-19-41-17-15-39-13-11-37-9-10-38-12-14-40-16-18-42-20-22-44-24-26-46-28-30-48-34-7-3-32(36)4-8-34/h1-8H,9-30,35-36H2. The van der Waals surface area contributed by atoms with Crippen molar-refractivity contribution in [3.8, 4) is 11.5 Å². The van der Waals surface area contributed by atoms with Crippen molar-refractivity contribution >= 4 is 11.4 Å². The van der Waals surface area contributed by atoms with Crippen molar-refractivity contribution in [3.63, 3.8) is 0 Å². The summed E-state index contributed by atoms with van der Waals surface area (Å²) in [6.07, 6.45) is 0. The molecule has 0 atom stereocenters. The SMILES string of the molecule is Nc1ccc(OCCOCCOCCOCCOCCOCCOCCOCCOCCOCCOCCOc2ccc(N)cc2)cc1. The van der Waals surface area contributed by atoms with E-state index >= 15 is 0 Å². The molecule has 0 spiro atoms. The molecule has 0 bridgehead atoms. The van der Waals surface area contributed by atoms with Crippen LogP contribution in [0.25, 0.3) is 0 Å². The van der Waals surface area contributed by atoms with Crippen molar-refractivity contribution in [2.75, 3.05) is 157 Å². The van der Waals surface area contributed by atoms with Crippen LogP contribution in [0.2, 0.25) is 0 Å². The minimum absolute atomic E-state index is 0.474. The van der Waals surface area contributed by atoms with Crippen LogP contribution in [0, 0.1) is 0 Å². The maximum Gasteiger partial charge on any atom is 0.119 e. The van der Waals surface area contributed by atoms with Gasteiger partial charge in [-0.2, -0.15) is 0 Å². The Balaban J connectivity index is 1.14. The minimum atomic E-state index is 0.474. The van der Waals surface area contributed by atoms with Gasteiger partial charge in [0.25, 0.3) is 0 Å². The molecule has 0 saturated heterocycles. The summed E-state index contributed by atoms with van der Waals surface area (Å²) >= 11 is 0. The smallest absolute Gasteiger partial charge is 0.119 e. The summed E-state index contributed by atoms with van der Waals surface area (Å²) in [5.41, 5.74) is 12.7. The summed E-state index contributed by atoms with van der Waals surface area (Å²) < 4.78 is 65.9. The zero-order valence-electron chi connectivity index (χ0n) is 28.2. The van der Waals surface area contributed by atoms with Gasteiger partial charge < -0.3 is 68.3 Å². The Morgan fingerprint density at radius 1 is 0.250 bits per heavy atom. The van der Waals surface area contributed by atoms with E-state index in [0.29, 0.717) is 157 Å². The van der Waals surface area contributed by atoms with E-state index in [9.17, 15) is 0 Å². The minimum Gasteiger partial charge on any atom is -0.491 e. The topological polar surface area (TPSA) is 163 Å². The molecule has 0 fully saturated rings. The van der Waals surface area contributed by atoms with Gasteiger partial charge in [0.15, 0.2) is 0 Å². The van der Waals surface area contributed by atoms with Crippen molar-refractivity contribution in [1.82, 2.24) is 0 Å². The number of ether oxygens (including phenoxy) is 12. The Morgan fingerprint density at radius 2 is 0.417 bits per heavy atom. The number of nitrogens with two attached hydrogens (primary N) is 2. The third kappa shape index (κ3) is 26.2. The third-order valence-corrected chi connectivity index (χ3v) is 6.10. The molecule has 0 unspecified atom stereocenters. The summed E-state index contributed by atoms with van der Waals surface area (Å²) in [6, 6.07) is 14.5. The molecule has 0 aromatic heterocycles. The Hall–Kier alpha value is -2.76. The van der Waals surface area contributed by atoms with Crippen LogP contribution >= 0.6 is 0 Å². The van der Waals surface area contributed by atoms with Crippen molar-refractivity contribution < 1.29 is 56.8 Å². The lowest BCUT2D eigenvalue weighted by Gasteiger charge is -2.09. The van der Waals surface area contributed by atoms with Crippen LogP contribution in [-0.4, -0.2) is 145 Å². The molecule has 0 amide bonds. The Kier molecular flexibility index (Phi) is 27.2. The summed E-state index contributed by atoms with van der Waals surface area (Å²) in [7, 11) is 0. The molecule has 0 radical (unpaired) electrons. The zero-order valence-corrected chi connectivity index (χ0v) is 28.2. The van der Waals surface area contributed by atoms with E-state index in [1.54, 1.807) is 24.3 Å². The molecule has 48 heavy (non-hydrogen) atoms. The number of hydrogen-bond donors (Lipinski definition) is 2. The fourth-order valence-electron chi connectivity index (χ4n) is 3.65. The van der Waals surface area contributed by atoms with Gasteiger partial charge in [-0.05, 0) is 48.5 Å². The largest absolute Gasteiger partial charge is 0.491 e. The maximum atomic E-state index is 5.64. The van der Waals surface area contributed by atoms with Crippen LogP contribution in [0.5, 0.6) is 11.5 Å². The summed E-state index contributed by atoms with van der Waals surface area (Å²) in [4.78, 5) is 0. The van der Waals surface area contributed by atoms with Crippen molar-refractivity contribution in [1.29, 1.82) is 0 Å². The lowest BCUT2D eigenvalue weighted by Crippen LogP contribution is -2.15. The Labute approximate surface area is 285 Å². The van der Waals surface area contributed by atoms with Crippen molar-refractivity contribution in [3.05, 3.63) is 48.5 Å². The van der Waals surface area contributed by atoms with Crippen LogP contribution < -0.4 is 20.9 Å². The predicted octanol–water partition coefficient (Wildman–Crippen LogP) is 2.47. The number of benzene rings is 2. The molecule has 2 aromatic rings. The first kappa shape index (κ1) is 41.4. The summed E-state index contributed by atoms with van der Waals surface area (Å²) in [5, 5.41) is 0. The van der Waals surface area contributed by atoms with E-state index < -0.39 is 0 Å². The normalized spacial score (nSPS) is 11.2. The maximum absolute atomic E-state index is 5.64. The fraction of sp³-hybridized carbons (Fsp3) is 0.647. The second-order valence-corrected chi connectivity index (χ2v) is 9.96. The van der Waals surface area contributed by atoms with Crippen LogP contribution in [-0.2, 0) is 47.4 Å². The van der Waals surface area contributed by atoms with Gasteiger partial charge in [0.2, 0.25) is 0 Å². The summed E-state index contributed by atoms with van der Waals surface area (Å²) in [6.45, 7) is 11.0. The molecule has 2 aromatic carbocycles. The van der Waals surface area contributed by atoms with Crippen molar-refractivity contribution in [2.45, 2.75) is 0 Å². The lowest BCUT2D eigenvalue weighted by atomic mass is 10.3. The molecule has 0 saturated carbocycles. The second kappa shape index (κ2) is 31.5. The molecular formula is C34H56N2O12. The number of rotatable bonds is 35. The molecule has 0 aliphatic rings. The highest BCUT2D eigenvalue weighted by Crippen LogP contribution is 2.13. The first-order chi connectivity index (χ1) is 23.7. The molecule has 0 aliphatic heterocycles. The molecular weight excluding hydrogens is 628 g/mol. The van der Waals surface area contributed by atoms with Crippen LogP contribution in [0.1, 0.15) is 0 Å². The fourth-order valence-corrected chi connectivity index (χ4v) is 3.65. The van der Waals surface area contributed by atoms with Crippen molar-refractivity contribution in [2.24, 2.45) is 0 Å². The third-order valence-electron chi connectivity index (χ3n) is 6.10. The highest BCUT2D eigenvalue weighted by Gasteiger charge is 1.98. The molecule has 2 rings (SSSR count). The van der Waals surface area contributed by atoms with E-state index in [0.717, 1.165) is 11.5 Å². The predicted molar refractivity (Wildman–Crippen MR) is 181 cm³/mol. The van der Waals surface area contributed by atoms with Crippen LogP contribution in [0.4, 0.5) is 11.4 Å². The van der Waals surface area contributed by atoms with Gasteiger partial charge in [-0.1, -0.05) is 0 Å². The van der Waals surface area contributed by atoms with Crippen LogP contribution in [0.15, 0.2) is 48.5 Å². The molecule has 274 valence electrons.